The summed E-state index contributed by atoms with van der Waals surface area (Å²) in [6, 6.07) is 0. The second kappa shape index (κ2) is 7.11. The van der Waals surface area contributed by atoms with E-state index in [1.165, 1.54) is 77.3 Å². The number of rotatable bonds is 5. The quantitative estimate of drug-likeness (QED) is 0.544. The van der Waals surface area contributed by atoms with Crippen molar-refractivity contribution in [3.8, 4) is 0 Å². The predicted molar refractivity (Wildman–Crippen MR) is 69.4 cm³/mol. The number of allylic oxidation sites excluding steroid dienone is 1. The van der Waals surface area contributed by atoms with Crippen LogP contribution in [0.4, 0.5) is 0 Å². The second-order valence-electron chi connectivity index (χ2n) is 5.68. The SMILES string of the molecule is C1=C(CC[NH2+]CC2CCCCC2)CCCC1. The molecule has 0 unspecified atom stereocenters. The Morgan fingerprint density at radius 2 is 1.94 bits per heavy atom. The van der Waals surface area contributed by atoms with E-state index >= 15 is 0 Å². The van der Waals surface area contributed by atoms with Gasteiger partial charge in [-0.1, -0.05) is 30.9 Å². The Balaban J connectivity index is 1.52. The van der Waals surface area contributed by atoms with Gasteiger partial charge in [-0.15, -0.1) is 0 Å². The molecule has 0 radical (unpaired) electrons. The van der Waals surface area contributed by atoms with Gasteiger partial charge < -0.3 is 5.32 Å². The van der Waals surface area contributed by atoms with Gasteiger partial charge in [0.05, 0.1) is 13.1 Å². The molecule has 0 amide bonds. The van der Waals surface area contributed by atoms with Crippen LogP contribution in [0.2, 0.25) is 0 Å². The largest absolute Gasteiger partial charge is 0.346 e. The van der Waals surface area contributed by atoms with Gasteiger partial charge in [-0.25, -0.2) is 0 Å². The fraction of sp³-hybridized carbons (Fsp3) is 0.867. The van der Waals surface area contributed by atoms with E-state index in [0.717, 1.165) is 5.92 Å². The zero-order valence-corrected chi connectivity index (χ0v) is 10.7. The molecule has 0 atom stereocenters. The summed E-state index contributed by atoms with van der Waals surface area (Å²) in [6.45, 7) is 2.73. The summed E-state index contributed by atoms with van der Waals surface area (Å²) in [5.41, 5.74) is 1.74. The predicted octanol–water partition coefficient (Wildman–Crippen LogP) is 3.02. The van der Waals surface area contributed by atoms with Crippen molar-refractivity contribution in [2.75, 3.05) is 13.1 Å². The smallest absolute Gasteiger partial charge is 0.0793 e. The highest BCUT2D eigenvalue weighted by molar-refractivity contribution is 5.04. The summed E-state index contributed by atoms with van der Waals surface area (Å²) in [5, 5.41) is 2.57. The first-order chi connectivity index (χ1) is 7.95. The summed E-state index contributed by atoms with van der Waals surface area (Å²) >= 11 is 0. The fourth-order valence-corrected chi connectivity index (χ4v) is 3.20. The molecule has 1 fully saturated rings. The highest BCUT2D eigenvalue weighted by atomic mass is 14.9. The van der Waals surface area contributed by atoms with Crippen LogP contribution in [-0.2, 0) is 0 Å². The van der Waals surface area contributed by atoms with Crippen molar-refractivity contribution in [1.82, 2.24) is 0 Å². The van der Waals surface area contributed by atoms with Crippen LogP contribution in [-0.4, -0.2) is 13.1 Å². The van der Waals surface area contributed by atoms with Crippen LogP contribution in [0.3, 0.4) is 0 Å². The van der Waals surface area contributed by atoms with E-state index < -0.39 is 0 Å². The zero-order valence-electron chi connectivity index (χ0n) is 10.7. The fourth-order valence-electron chi connectivity index (χ4n) is 3.20. The van der Waals surface area contributed by atoms with Crippen molar-refractivity contribution in [2.24, 2.45) is 5.92 Å². The van der Waals surface area contributed by atoms with Gasteiger partial charge in [0.25, 0.3) is 0 Å². The minimum Gasteiger partial charge on any atom is -0.346 e. The van der Waals surface area contributed by atoms with Gasteiger partial charge >= 0.3 is 0 Å². The molecule has 16 heavy (non-hydrogen) atoms. The summed E-state index contributed by atoms with van der Waals surface area (Å²) in [5.74, 6) is 1.04. The molecule has 1 saturated carbocycles. The number of quaternary nitrogens is 1. The van der Waals surface area contributed by atoms with Crippen LogP contribution in [0, 0.1) is 5.92 Å². The first-order valence-corrected chi connectivity index (χ1v) is 7.45. The van der Waals surface area contributed by atoms with Gasteiger partial charge in [-0.05, 0) is 38.5 Å². The van der Waals surface area contributed by atoms with Gasteiger partial charge in [0.15, 0.2) is 0 Å². The van der Waals surface area contributed by atoms with Gasteiger partial charge in [0.1, 0.15) is 0 Å². The van der Waals surface area contributed by atoms with Crippen molar-refractivity contribution in [1.29, 1.82) is 0 Å². The van der Waals surface area contributed by atoms with Crippen LogP contribution in [0.1, 0.15) is 64.2 Å². The van der Waals surface area contributed by atoms with Crippen LogP contribution in [0.15, 0.2) is 11.6 Å². The highest BCUT2D eigenvalue weighted by Crippen LogP contribution is 2.22. The van der Waals surface area contributed by atoms with E-state index in [0.29, 0.717) is 0 Å². The average molecular weight is 222 g/mol. The minimum absolute atomic E-state index is 1.04. The van der Waals surface area contributed by atoms with Gasteiger partial charge in [-0.2, -0.15) is 0 Å². The Hall–Kier alpha value is -0.300. The van der Waals surface area contributed by atoms with Gasteiger partial charge in [0.2, 0.25) is 0 Å². The molecular formula is C15H28N+. The third-order valence-electron chi connectivity index (χ3n) is 4.28. The molecule has 2 N–H and O–H groups in total. The van der Waals surface area contributed by atoms with Crippen LogP contribution in [0.25, 0.3) is 0 Å². The Kier molecular flexibility index (Phi) is 5.41. The molecule has 0 aromatic rings. The standard InChI is InChI=1S/C15H27N/c1-3-7-14(8-4-1)11-12-16-13-15-9-5-2-6-10-15/h7,15-16H,1-6,8-13H2/p+1. The maximum atomic E-state index is 2.57. The number of hydrogen-bond donors (Lipinski definition) is 1. The lowest BCUT2D eigenvalue weighted by atomic mass is 9.89. The molecular weight excluding hydrogens is 194 g/mol. The molecule has 92 valence electrons. The van der Waals surface area contributed by atoms with Crippen molar-refractivity contribution in [2.45, 2.75) is 64.2 Å². The topological polar surface area (TPSA) is 16.6 Å². The van der Waals surface area contributed by atoms with Crippen molar-refractivity contribution in [3.63, 3.8) is 0 Å². The van der Waals surface area contributed by atoms with Gasteiger partial charge in [0, 0.05) is 12.3 Å². The van der Waals surface area contributed by atoms with E-state index in [4.69, 9.17) is 0 Å². The number of nitrogens with two attached hydrogens (primary N) is 1. The van der Waals surface area contributed by atoms with E-state index in [1.807, 2.05) is 0 Å². The summed E-state index contributed by atoms with van der Waals surface area (Å²) in [7, 11) is 0. The molecule has 0 heterocycles. The Bertz CT molecular complexity index is 213. The minimum atomic E-state index is 1.04. The molecule has 0 spiro atoms. The van der Waals surface area contributed by atoms with Crippen LogP contribution >= 0.6 is 0 Å². The Morgan fingerprint density at radius 1 is 1.06 bits per heavy atom. The molecule has 1 nitrogen and oxygen atoms in total. The lowest BCUT2D eigenvalue weighted by Gasteiger charge is -2.20. The lowest BCUT2D eigenvalue weighted by Crippen LogP contribution is -2.85. The van der Waals surface area contributed by atoms with Gasteiger partial charge in [-0.3, -0.25) is 0 Å². The molecule has 1 heteroatoms. The molecule has 0 aromatic carbocycles. The van der Waals surface area contributed by atoms with E-state index in [-0.39, 0.29) is 0 Å². The maximum Gasteiger partial charge on any atom is 0.0793 e. The first kappa shape index (κ1) is 12.2. The van der Waals surface area contributed by atoms with Crippen LogP contribution in [0.5, 0.6) is 0 Å². The summed E-state index contributed by atoms with van der Waals surface area (Å²) in [6.07, 6.45) is 16.9. The van der Waals surface area contributed by atoms with E-state index in [1.54, 1.807) is 5.57 Å². The molecule has 0 saturated heterocycles. The Labute approximate surface area is 101 Å². The second-order valence-corrected chi connectivity index (χ2v) is 5.68. The third-order valence-corrected chi connectivity index (χ3v) is 4.28. The van der Waals surface area contributed by atoms with Crippen LogP contribution < -0.4 is 5.32 Å². The van der Waals surface area contributed by atoms with Crippen molar-refractivity contribution >= 4 is 0 Å². The molecule has 2 rings (SSSR count). The van der Waals surface area contributed by atoms with E-state index in [2.05, 4.69) is 11.4 Å². The number of hydrogen-bond acceptors (Lipinski definition) is 0. The van der Waals surface area contributed by atoms with E-state index in [9.17, 15) is 0 Å². The first-order valence-electron chi connectivity index (χ1n) is 7.45. The lowest BCUT2D eigenvalue weighted by molar-refractivity contribution is -0.660. The zero-order chi connectivity index (χ0) is 11.1. The third kappa shape index (κ3) is 4.29. The highest BCUT2D eigenvalue weighted by Gasteiger charge is 2.14. The molecule has 2 aliphatic rings. The molecule has 2 aliphatic carbocycles. The monoisotopic (exact) mass is 222 g/mol. The summed E-state index contributed by atoms with van der Waals surface area (Å²) in [4.78, 5) is 0. The molecule has 0 bridgehead atoms. The summed E-state index contributed by atoms with van der Waals surface area (Å²) < 4.78 is 0. The Morgan fingerprint density at radius 3 is 2.69 bits per heavy atom. The normalized spacial score (nSPS) is 23.1. The molecule has 0 aromatic heterocycles. The maximum absolute atomic E-state index is 2.57. The van der Waals surface area contributed by atoms with Crippen molar-refractivity contribution < 1.29 is 5.32 Å². The molecule has 0 aliphatic heterocycles. The average Bonchev–Trinajstić information content (AvgIpc) is 2.37. The van der Waals surface area contributed by atoms with Crippen molar-refractivity contribution in [3.05, 3.63) is 11.6 Å².